The van der Waals surface area contributed by atoms with Gasteiger partial charge >= 0.3 is 5.97 Å². The summed E-state index contributed by atoms with van der Waals surface area (Å²) in [6.07, 6.45) is 2.09. The van der Waals surface area contributed by atoms with Crippen molar-refractivity contribution in [1.82, 2.24) is 5.32 Å². The zero-order chi connectivity index (χ0) is 15.3. The van der Waals surface area contributed by atoms with Crippen molar-refractivity contribution in [3.63, 3.8) is 0 Å². The summed E-state index contributed by atoms with van der Waals surface area (Å²) in [6.45, 7) is 0. The third-order valence-electron chi connectivity index (χ3n) is 2.47. The maximum absolute atomic E-state index is 13.3. The Bertz CT molecular complexity index is 528. The fraction of sp³-hybridized carbons (Fsp3) is 0.333. The van der Waals surface area contributed by atoms with Crippen LogP contribution >= 0.6 is 35.0 Å². The van der Waals surface area contributed by atoms with Crippen LogP contribution in [0.15, 0.2) is 12.1 Å². The van der Waals surface area contributed by atoms with Gasteiger partial charge in [-0.1, -0.05) is 23.2 Å². The van der Waals surface area contributed by atoms with Gasteiger partial charge in [-0.2, -0.15) is 11.8 Å². The van der Waals surface area contributed by atoms with E-state index in [2.05, 4.69) is 5.32 Å². The second-order valence-electron chi connectivity index (χ2n) is 3.89. The molecule has 1 aromatic rings. The molecule has 110 valence electrons. The summed E-state index contributed by atoms with van der Waals surface area (Å²) in [5.41, 5.74) is -0.149. The lowest BCUT2D eigenvalue weighted by Gasteiger charge is -2.14. The van der Waals surface area contributed by atoms with Crippen molar-refractivity contribution in [1.29, 1.82) is 0 Å². The number of carboxylic acids is 1. The van der Waals surface area contributed by atoms with Crippen LogP contribution in [-0.2, 0) is 4.79 Å². The van der Waals surface area contributed by atoms with E-state index in [0.29, 0.717) is 5.75 Å². The van der Waals surface area contributed by atoms with Gasteiger partial charge in [0.2, 0.25) is 0 Å². The summed E-state index contributed by atoms with van der Waals surface area (Å²) < 4.78 is 13.3. The predicted molar refractivity (Wildman–Crippen MR) is 78.3 cm³/mol. The van der Waals surface area contributed by atoms with E-state index in [1.807, 2.05) is 6.26 Å². The Hall–Kier alpha value is -0.980. The van der Waals surface area contributed by atoms with Gasteiger partial charge in [0.15, 0.2) is 0 Å². The molecule has 0 bridgehead atoms. The van der Waals surface area contributed by atoms with Gasteiger partial charge in [0.25, 0.3) is 5.91 Å². The summed E-state index contributed by atoms with van der Waals surface area (Å²) in [6, 6.07) is 0.933. The Labute approximate surface area is 129 Å². The Balaban J connectivity index is 2.89. The van der Waals surface area contributed by atoms with E-state index in [9.17, 15) is 14.0 Å². The molecule has 0 aliphatic carbocycles. The Kier molecular flexibility index (Phi) is 6.58. The molecule has 1 atom stereocenters. The molecule has 1 aromatic carbocycles. The Morgan fingerprint density at radius 1 is 1.40 bits per heavy atom. The molecule has 20 heavy (non-hydrogen) atoms. The second-order valence-corrected chi connectivity index (χ2v) is 5.69. The molecule has 4 nitrogen and oxygen atoms in total. The number of benzene rings is 1. The third kappa shape index (κ3) is 4.54. The lowest BCUT2D eigenvalue weighted by Crippen LogP contribution is -2.41. The molecule has 0 fully saturated rings. The first-order chi connectivity index (χ1) is 9.36. The van der Waals surface area contributed by atoms with E-state index in [-0.39, 0.29) is 22.0 Å². The van der Waals surface area contributed by atoms with Gasteiger partial charge in [-0.3, -0.25) is 4.79 Å². The zero-order valence-electron chi connectivity index (χ0n) is 10.5. The van der Waals surface area contributed by atoms with E-state index < -0.39 is 23.7 Å². The van der Waals surface area contributed by atoms with Gasteiger partial charge in [-0.25, -0.2) is 9.18 Å². The summed E-state index contributed by atoms with van der Waals surface area (Å²) in [5, 5.41) is 11.1. The maximum atomic E-state index is 13.3. The molecule has 1 rings (SSSR count). The highest BCUT2D eigenvalue weighted by atomic mass is 35.5. The number of hydrogen-bond acceptors (Lipinski definition) is 3. The number of carboxylic acid groups (broad SMARTS) is 1. The SMILES string of the molecule is CSCCC(NC(=O)c1cc(F)c(Cl)cc1Cl)C(=O)O. The monoisotopic (exact) mass is 339 g/mol. The third-order valence-corrected chi connectivity index (χ3v) is 3.71. The highest BCUT2D eigenvalue weighted by Crippen LogP contribution is 2.24. The molecular weight excluding hydrogens is 328 g/mol. The average Bonchev–Trinajstić information content (AvgIpc) is 2.38. The molecule has 0 saturated heterocycles. The van der Waals surface area contributed by atoms with Crippen molar-refractivity contribution in [3.8, 4) is 0 Å². The first kappa shape index (κ1) is 17.1. The average molecular weight is 340 g/mol. The first-order valence-corrected chi connectivity index (χ1v) is 7.69. The molecule has 0 aliphatic rings. The van der Waals surface area contributed by atoms with Crippen LogP contribution in [0.2, 0.25) is 10.0 Å². The molecule has 2 N–H and O–H groups in total. The quantitative estimate of drug-likeness (QED) is 0.781. The number of rotatable bonds is 6. The minimum absolute atomic E-state index is 0.0390. The lowest BCUT2D eigenvalue weighted by molar-refractivity contribution is -0.139. The molecule has 1 unspecified atom stereocenters. The van der Waals surface area contributed by atoms with Gasteiger partial charge in [-0.05, 0) is 30.6 Å². The summed E-state index contributed by atoms with van der Waals surface area (Å²) >= 11 is 12.8. The fourth-order valence-corrected chi connectivity index (χ4v) is 2.37. The molecule has 0 saturated carbocycles. The van der Waals surface area contributed by atoms with E-state index in [1.165, 1.54) is 11.8 Å². The molecular formula is C12H12Cl2FNO3S. The molecule has 0 heterocycles. The summed E-state index contributed by atoms with van der Waals surface area (Å²) in [7, 11) is 0. The van der Waals surface area contributed by atoms with Crippen molar-refractivity contribution >= 4 is 46.8 Å². The highest BCUT2D eigenvalue weighted by molar-refractivity contribution is 7.98. The van der Waals surface area contributed by atoms with Crippen LogP contribution < -0.4 is 5.32 Å². The minimum atomic E-state index is -1.15. The highest BCUT2D eigenvalue weighted by Gasteiger charge is 2.22. The van der Waals surface area contributed by atoms with E-state index in [1.54, 1.807) is 0 Å². The van der Waals surface area contributed by atoms with Crippen LogP contribution in [0.3, 0.4) is 0 Å². The first-order valence-electron chi connectivity index (χ1n) is 5.54. The topological polar surface area (TPSA) is 66.4 Å². The Morgan fingerprint density at radius 3 is 2.60 bits per heavy atom. The van der Waals surface area contributed by atoms with Gasteiger partial charge in [0, 0.05) is 0 Å². The van der Waals surface area contributed by atoms with Crippen LogP contribution in [0.4, 0.5) is 4.39 Å². The van der Waals surface area contributed by atoms with Gasteiger partial charge in [0.05, 0.1) is 15.6 Å². The van der Waals surface area contributed by atoms with E-state index in [4.69, 9.17) is 28.3 Å². The van der Waals surface area contributed by atoms with Crippen LogP contribution in [0.25, 0.3) is 0 Å². The fourth-order valence-electron chi connectivity index (χ4n) is 1.43. The normalized spacial score (nSPS) is 12.0. The van der Waals surface area contributed by atoms with Gasteiger partial charge in [-0.15, -0.1) is 0 Å². The number of thioether (sulfide) groups is 1. The smallest absolute Gasteiger partial charge is 0.326 e. The Morgan fingerprint density at radius 2 is 2.05 bits per heavy atom. The number of hydrogen-bond donors (Lipinski definition) is 2. The standard InChI is InChI=1S/C12H12Cl2FNO3S/c1-20-3-2-10(12(18)19)16-11(17)6-4-9(15)8(14)5-7(6)13/h4-5,10H,2-3H2,1H3,(H,16,17)(H,18,19). The second kappa shape index (κ2) is 7.71. The van der Waals surface area contributed by atoms with Crippen LogP contribution in [0, 0.1) is 5.82 Å². The van der Waals surface area contributed by atoms with Gasteiger partial charge < -0.3 is 10.4 Å². The van der Waals surface area contributed by atoms with Crippen molar-refractivity contribution in [2.45, 2.75) is 12.5 Å². The van der Waals surface area contributed by atoms with Gasteiger partial charge in [0.1, 0.15) is 11.9 Å². The lowest BCUT2D eigenvalue weighted by atomic mass is 10.1. The van der Waals surface area contributed by atoms with Crippen molar-refractivity contribution < 1.29 is 19.1 Å². The van der Waals surface area contributed by atoms with Crippen LogP contribution in [0.5, 0.6) is 0 Å². The number of carbonyl (C=O) groups is 2. The number of carbonyl (C=O) groups excluding carboxylic acids is 1. The summed E-state index contributed by atoms with van der Waals surface area (Å²) in [5.74, 6) is -2.13. The number of aliphatic carboxylic acids is 1. The van der Waals surface area contributed by atoms with Crippen LogP contribution in [0.1, 0.15) is 16.8 Å². The van der Waals surface area contributed by atoms with Crippen molar-refractivity contribution in [2.24, 2.45) is 0 Å². The molecule has 8 heteroatoms. The number of nitrogens with one attached hydrogen (secondary N) is 1. The zero-order valence-corrected chi connectivity index (χ0v) is 12.8. The van der Waals surface area contributed by atoms with Crippen molar-refractivity contribution in [3.05, 3.63) is 33.6 Å². The number of halogens is 3. The number of amides is 1. The van der Waals surface area contributed by atoms with E-state index in [0.717, 1.165) is 12.1 Å². The maximum Gasteiger partial charge on any atom is 0.326 e. The molecule has 0 spiro atoms. The molecule has 0 radical (unpaired) electrons. The minimum Gasteiger partial charge on any atom is -0.480 e. The molecule has 1 amide bonds. The van der Waals surface area contributed by atoms with E-state index >= 15 is 0 Å². The largest absolute Gasteiger partial charge is 0.480 e. The summed E-state index contributed by atoms with van der Waals surface area (Å²) in [4.78, 5) is 23.0. The molecule has 0 aromatic heterocycles. The van der Waals surface area contributed by atoms with Crippen LogP contribution in [-0.4, -0.2) is 35.0 Å². The van der Waals surface area contributed by atoms with Crippen molar-refractivity contribution in [2.75, 3.05) is 12.0 Å². The molecule has 0 aliphatic heterocycles. The predicted octanol–water partition coefficient (Wildman–Crippen LogP) is 3.07.